The van der Waals surface area contributed by atoms with Gasteiger partial charge < -0.3 is 0 Å². The van der Waals surface area contributed by atoms with Gasteiger partial charge >= 0.3 is 66.6 Å². The van der Waals surface area contributed by atoms with Gasteiger partial charge in [-0.3, -0.25) is 0 Å². The van der Waals surface area contributed by atoms with E-state index in [1.54, 1.807) is 0 Å². The molecule has 0 aromatic heterocycles. The Balaban J connectivity index is 2.79. The van der Waals surface area contributed by atoms with Crippen LogP contribution in [0, 0.1) is 0 Å². The molecule has 0 aromatic carbocycles. The van der Waals surface area contributed by atoms with Crippen molar-refractivity contribution in [2.24, 2.45) is 0 Å². The molecule has 2 radical (unpaired) electrons. The van der Waals surface area contributed by atoms with Gasteiger partial charge in [-0.1, -0.05) is 0 Å². The van der Waals surface area contributed by atoms with E-state index in [0.29, 0.717) is 3.05 Å². The topological polar surface area (TPSA) is 46.2 Å². The summed E-state index contributed by atoms with van der Waals surface area (Å²) < 4.78 is 0.295. The van der Waals surface area contributed by atoms with Gasteiger partial charge in [-0.05, 0) is 0 Å². The van der Waals surface area contributed by atoms with Gasteiger partial charge in [-0.2, -0.15) is 0 Å². The molecule has 1 N–H and O–H groups in total. The minimum absolute atomic E-state index is 0.170. The van der Waals surface area contributed by atoms with Crippen LogP contribution in [0.5, 0.6) is 0 Å². The summed E-state index contributed by atoms with van der Waals surface area (Å²) in [5.41, 5.74) is 0. The van der Waals surface area contributed by atoms with E-state index in [1.165, 1.54) is 6.08 Å². The zero-order valence-electron chi connectivity index (χ0n) is 4.27. The first kappa shape index (κ1) is 7.08. The van der Waals surface area contributed by atoms with Crippen molar-refractivity contribution in [1.29, 1.82) is 0 Å². The van der Waals surface area contributed by atoms with Crippen molar-refractivity contribution >= 4 is 42.6 Å². The average Bonchev–Trinajstić information content (AvgIpc) is 1.59. The third kappa shape index (κ3) is 1.98. The average molecular weight is 250 g/mol. The Morgan fingerprint density at radius 3 is 2.67 bits per heavy atom. The van der Waals surface area contributed by atoms with Crippen molar-refractivity contribution in [3.63, 3.8) is 0 Å². The Kier molecular flexibility index (Phi) is 2.13. The van der Waals surface area contributed by atoms with Gasteiger partial charge in [0.15, 0.2) is 0 Å². The molecule has 0 unspecified atom stereocenters. The van der Waals surface area contributed by atoms with Crippen molar-refractivity contribution < 1.29 is 9.59 Å². The number of halogens is 1. The van der Waals surface area contributed by atoms with Crippen LogP contribution in [-0.2, 0) is 4.79 Å². The Hall–Kier alpha value is -0.0313. The number of hydrogen-bond donors (Lipinski definition) is 1. The number of carbonyl (C=O) groups is 2. The number of imide groups is 1. The van der Waals surface area contributed by atoms with E-state index in [0.717, 1.165) is 0 Å². The molecule has 0 fully saturated rings. The first-order chi connectivity index (χ1) is 4.18. The van der Waals surface area contributed by atoms with Gasteiger partial charge in [0.2, 0.25) is 0 Å². The first-order valence-corrected chi connectivity index (χ1v) is 5.41. The number of nitrogens with one attached hydrogen (secondary N) is 1. The van der Waals surface area contributed by atoms with E-state index in [-0.39, 0.29) is 3.92 Å². The molecule has 2 amide bonds. The SMILES string of the molecule is O=C1C=[C](Cl)[Sn][C](=O)N1. The predicted molar refractivity (Wildman–Crippen MR) is 33.2 cm³/mol. The van der Waals surface area contributed by atoms with Crippen LogP contribution < -0.4 is 5.32 Å². The zero-order chi connectivity index (χ0) is 6.85. The normalized spacial score (nSPS) is 19.0. The summed E-state index contributed by atoms with van der Waals surface area (Å²) >= 11 is 4.19. The molecule has 0 aliphatic carbocycles. The van der Waals surface area contributed by atoms with Crippen molar-refractivity contribution in [1.82, 2.24) is 5.32 Å². The molecular weight excluding hydrogens is 248 g/mol. The second kappa shape index (κ2) is 2.70. The summed E-state index contributed by atoms with van der Waals surface area (Å²) in [5.74, 6) is -0.392. The Morgan fingerprint density at radius 2 is 2.22 bits per heavy atom. The monoisotopic (exact) mass is 251 g/mol. The summed E-state index contributed by atoms with van der Waals surface area (Å²) in [5, 5.41) is 2.15. The third-order valence-corrected chi connectivity index (χ3v) is 3.57. The van der Waals surface area contributed by atoms with Gasteiger partial charge in [0, 0.05) is 0 Å². The summed E-state index contributed by atoms with van der Waals surface area (Å²) in [4.78, 5) is 20.9. The first-order valence-electron chi connectivity index (χ1n) is 2.17. The third-order valence-electron chi connectivity index (χ3n) is 0.727. The molecular formula is C4H2ClNO2Sn. The molecule has 3 nitrogen and oxygen atoms in total. The van der Waals surface area contributed by atoms with Crippen LogP contribution in [-0.4, -0.2) is 31.0 Å². The van der Waals surface area contributed by atoms with Crippen molar-refractivity contribution in [2.45, 2.75) is 0 Å². The summed E-state index contributed by atoms with van der Waals surface area (Å²) in [7, 11) is 0. The van der Waals surface area contributed by atoms with Crippen LogP contribution in [0.2, 0.25) is 0 Å². The van der Waals surface area contributed by atoms with Crippen LogP contribution in [0.15, 0.2) is 9.12 Å². The standard InChI is InChI=1S/C4H2ClNO2.Sn/c5-2-1-4(8)6-3-7;/h1H,(H,6,7,8);. The fraction of sp³-hybridized carbons (Fsp3) is 0. The maximum absolute atomic E-state index is 10.5. The second-order valence-electron chi connectivity index (χ2n) is 1.44. The summed E-state index contributed by atoms with van der Waals surface area (Å²) in [6.45, 7) is 0. The molecule has 0 saturated heterocycles. The molecule has 46 valence electrons. The van der Waals surface area contributed by atoms with E-state index >= 15 is 0 Å². The maximum atomic E-state index is 10.5. The van der Waals surface area contributed by atoms with Gasteiger partial charge in [-0.25, -0.2) is 0 Å². The predicted octanol–water partition coefficient (Wildman–Crippen LogP) is 0.0206. The van der Waals surface area contributed by atoms with E-state index in [4.69, 9.17) is 11.6 Å². The van der Waals surface area contributed by atoms with Gasteiger partial charge in [0.05, 0.1) is 0 Å². The molecule has 9 heavy (non-hydrogen) atoms. The number of hydrogen-bond acceptors (Lipinski definition) is 2. The van der Waals surface area contributed by atoms with Gasteiger partial charge in [-0.15, -0.1) is 0 Å². The minimum atomic E-state index is -1.27. The quantitative estimate of drug-likeness (QED) is 0.616. The van der Waals surface area contributed by atoms with E-state index in [9.17, 15) is 9.59 Å². The number of amides is 2. The molecule has 0 atom stereocenters. The fourth-order valence-corrected chi connectivity index (χ4v) is 2.84. The Morgan fingerprint density at radius 1 is 1.56 bits per heavy atom. The molecule has 0 aromatic rings. The molecule has 1 aliphatic rings. The molecule has 0 bridgehead atoms. The summed E-state index contributed by atoms with van der Waals surface area (Å²) in [6, 6.07) is 0. The van der Waals surface area contributed by atoms with E-state index in [1.807, 2.05) is 0 Å². The van der Waals surface area contributed by atoms with Gasteiger partial charge in [0.25, 0.3) is 0 Å². The molecule has 0 spiro atoms. The van der Waals surface area contributed by atoms with Crippen molar-refractivity contribution in [2.75, 3.05) is 0 Å². The molecule has 1 aliphatic heterocycles. The van der Waals surface area contributed by atoms with Gasteiger partial charge in [0.1, 0.15) is 0 Å². The molecule has 1 heterocycles. The van der Waals surface area contributed by atoms with Crippen LogP contribution in [0.1, 0.15) is 0 Å². The molecule has 1 rings (SSSR count). The van der Waals surface area contributed by atoms with E-state index in [2.05, 4.69) is 5.32 Å². The van der Waals surface area contributed by atoms with E-state index < -0.39 is 27.0 Å². The van der Waals surface area contributed by atoms with Crippen LogP contribution >= 0.6 is 11.6 Å². The Bertz CT molecular complexity index is 201. The van der Waals surface area contributed by atoms with Crippen molar-refractivity contribution in [3.05, 3.63) is 9.12 Å². The zero-order valence-corrected chi connectivity index (χ0v) is 7.88. The molecule has 5 heteroatoms. The van der Waals surface area contributed by atoms with Crippen LogP contribution in [0.3, 0.4) is 0 Å². The van der Waals surface area contributed by atoms with Crippen LogP contribution in [0.25, 0.3) is 0 Å². The second-order valence-corrected chi connectivity index (χ2v) is 6.29. The molecule has 0 saturated carbocycles. The summed E-state index contributed by atoms with van der Waals surface area (Å²) in [6.07, 6.45) is 1.27. The van der Waals surface area contributed by atoms with Crippen molar-refractivity contribution in [3.8, 4) is 0 Å². The fourth-order valence-electron chi connectivity index (χ4n) is 0.439. The number of rotatable bonds is 0. The number of carbonyl (C=O) groups excluding carboxylic acids is 2. The van der Waals surface area contributed by atoms with Crippen LogP contribution in [0.4, 0.5) is 4.79 Å². The Labute approximate surface area is 66.7 Å².